The van der Waals surface area contributed by atoms with Gasteiger partial charge in [0.2, 0.25) is 0 Å². The number of amides is 1. The summed E-state index contributed by atoms with van der Waals surface area (Å²) in [5.74, 6) is -2.32. The van der Waals surface area contributed by atoms with Crippen LogP contribution in [0, 0.1) is 23.1 Å². The van der Waals surface area contributed by atoms with Crippen LogP contribution in [-0.2, 0) is 26.7 Å². The number of fused-ring (bicyclic) bond motifs is 2. The highest BCUT2D eigenvalue weighted by atomic mass is 32.2. The van der Waals surface area contributed by atoms with Gasteiger partial charge < -0.3 is 9.84 Å². The minimum atomic E-state index is -6.34. The quantitative estimate of drug-likeness (QED) is 0.242. The SMILES string of the molecule is CC(NC(=O)c1ccon1)[C@@H]1CC[C@@]2(S(=O)(=O)c3ccc(F)cc3)c3ccc(C(F)(C(F)(F)F)C(F)(F)F)cc3CC3CC312. The van der Waals surface area contributed by atoms with Crippen LogP contribution in [0.25, 0.3) is 0 Å². The maximum absolute atomic E-state index is 15.1. The normalized spacial score (nSPS) is 27.2. The van der Waals surface area contributed by atoms with E-state index in [1.54, 1.807) is 6.92 Å². The Morgan fingerprint density at radius 3 is 2.27 bits per heavy atom. The minimum Gasteiger partial charge on any atom is -0.364 e. The van der Waals surface area contributed by atoms with Gasteiger partial charge in [-0.1, -0.05) is 23.4 Å². The molecule has 3 aliphatic rings. The van der Waals surface area contributed by atoms with Gasteiger partial charge in [-0.15, -0.1) is 0 Å². The van der Waals surface area contributed by atoms with E-state index in [4.69, 9.17) is 4.52 Å². The number of benzene rings is 2. The van der Waals surface area contributed by atoms with Crippen LogP contribution in [-0.4, -0.2) is 37.9 Å². The minimum absolute atomic E-state index is 0.0181. The fourth-order valence-corrected chi connectivity index (χ4v) is 10.6. The van der Waals surface area contributed by atoms with Crippen LogP contribution < -0.4 is 5.32 Å². The van der Waals surface area contributed by atoms with Gasteiger partial charge in [0.15, 0.2) is 15.5 Å². The predicted molar refractivity (Wildman–Crippen MR) is 137 cm³/mol. The second-order valence-corrected chi connectivity index (χ2v) is 13.9. The Morgan fingerprint density at radius 1 is 1.02 bits per heavy atom. The molecule has 1 heterocycles. The van der Waals surface area contributed by atoms with E-state index in [2.05, 4.69) is 10.5 Å². The first kappa shape index (κ1) is 30.5. The van der Waals surface area contributed by atoms with E-state index in [1.807, 2.05) is 0 Å². The van der Waals surface area contributed by atoms with E-state index in [0.29, 0.717) is 12.1 Å². The molecule has 1 aromatic heterocycles. The Labute approximate surface area is 245 Å². The molecule has 3 aliphatic carbocycles. The van der Waals surface area contributed by atoms with Gasteiger partial charge in [0, 0.05) is 23.1 Å². The van der Waals surface area contributed by atoms with Gasteiger partial charge in [0.1, 0.15) is 16.8 Å². The molecule has 1 N–H and O–H groups in total. The molecule has 0 bridgehead atoms. The van der Waals surface area contributed by atoms with Crippen molar-refractivity contribution in [2.24, 2.45) is 17.3 Å². The summed E-state index contributed by atoms with van der Waals surface area (Å²) in [6.45, 7) is 1.68. The average Bonchev–Trinajstić information content (AvgIpc) is 3.27. The van der Waals surface area contributed by atoms with Crippen molar-refractivity contribution in [3.05, 3.63) is 83.0 Å². The molecule has 44 heavy (non-hydrogen) atoms. The van der Waals surface area contributed by atoms with Crippen molar-refractivity contribution < 1.29 is 52.9 Å². The van der Waals surface area contributed by atoms with Gasteiger partial charge in [-0.05, 0) is 79.8 Å². The molecule has 0 saturated heterocycles. The third kappa shape index (κ3) is 3.92. The Hall–Kier alpha value is -3.49. The summed E-state index contributed by atoms with van der Waals surface area (Å²) in [5, 5.41) is 6.40. The second-order valence-electron chi connectivity index (χ2n) is 11.7. The molecular formula is C29H24F8N2O4S. The molecule has 15 heteroatoms. The highest BCUT2D eigenvalue weighted by molar-refractivity contribution is 7.92. The first-order valence-corrected chi connectivity index (χ1v) is 15.1. The molecule has 2 aromatic carbocycles. The molecule has 3 unspecified atom stereocenters. The maximum Gasteiger partial charge on any atom is 0.435 e. The Kier molecular flexibility index (Phi) is 6.60. The molecule has 1 spiro atoms. The van der Waals surface area contributed by atoms with Crippen LogP contribution in [0.4, 0.5) is 35.1 Å². The van der Waals surface area contributed by atoms with Gasteiger partial charge in [-0.3, -0.25) is 4.79 Å². The first-order chi connectivity index (χ1) is 20.4. The second kappa shape index (κ2) is 9.51. The van der Waals surface area contributed by atoms with E-state index >= 15 is 4.39 Å². The fourth-order valence-electron chi connectivity index (χ4n) is 7.96. The molecule has 236 valence electrons. The van der Waals surface area contributed by atoms with Crippen LogP contribution in [0.5, 0.6) is 0 Å². The highest BCUT2D eigenvalue weighted by Crippen LogP contribution is 2.80. The van der Waals surface area contributed by atoms with Gasteiger partial charge in [0.25, 0.3) is 5.91 Å². The summed E-state index contributed by atoms with van der Waals surface area (Å²) in [6.07, 6.45) is -11.2. The van der Waals surface area contributed by atoms with Crippen molar-refractivity contribution in [3.8, 4) is 0 Å². The van der Waals surface area contributed by atoms with E-state index in [1.165, 1.54) is 12.3 Å². The lowest BCUT2D eigenvalue weighted by Crippen LogP contribution is -2.51. The van der Waals surface area contributed by atoms with Gasteiger partial charge in [-0.25, -0.2) is 17.2 Å². The zero-order valence-corrected chi connectivity index (χ0v) is 23.6. The van der Waals surface area contributed by atoms with Crippen LogP contribution >= 0.6 is 0 Å². The van der Waals surface area contributed by atoms with E-state index in [-0.39, 0.29) is 47.4 Å². The summed E-state index contributed by atoms with van der Waals surface area (Å²) in [7, 11) is -4.50. The number of alkyl halides is 7. The van der Waals surface area contributed by atoms with Gasteiger partial charge in [-0.2, -0.15) is 26.3 Å². The molecule has 2 fully saturated rings. The number of hydrogen-bond acceptors (Lipinski definition) is 5. The topological polar surface area (TPSA) is 89.3 Å². The number of carbonyl (C=O) groups is 1. The summed E-state index contributed by atoms with van der Waals surface area (Å²) in [5.41, 5.74) is -8.64. The molecule has 0 aliphatic heterocycles. The Balaban J connectivity index is 1.51. The van der Waals surface area contributed by atoms with Crippen LogP contribution in [0.2, 0.25) is 0 Å². The van der Waals surface area contributed by atoms with Crippen molar-refractivity contribution in [3.63, 3.8) is 0 Å². The molecular weight excluding hydrogens is 624 g/mol. The number of nitrogens with zero attached hydrogens (tertiary/aromatic N) is 1. The number of hydrogen-bond donors (Lipinski definition) is 1. The Morgan fingerprint density at radius 2 is 1.68 bits per heavy atom. The lowest BCUT2D eigenvalue weighted by atomic mass is 9.70. The maximum atomic E-state index is 15.1. The van der Waals surface area contributed by atoms with Crippen molar-refractivity contribution in [2.75, 3.05) is 0 Å². The van der Waals surface area contributed by atoms with Crippen LogP contribution in [0.3, 0.4) is 0 Å². The average molecular weight is 649 g/mol. The standard InChI is InChI=1S/C29H24F8N2O4S/c1-15(38-24(40)23-9-11-43-39-23)21-8-10-26(44(41,42)20-5-3-19(30)4-6-20)22-7-2-17(12-16(22)13-18-14-25(18,21)26)27(31,28(32,33)34)29(35,36)37/h2-7,9,11-12,15,18,21H,8,10,13-14H2,1H3,(H,38,40)/t15?,18?,21-,25?,26+/m0/s1. The van der Waals surface area contributed by atoms with Crippen molar-refractivity contribution >= 4 is 15.7 Å². The molecule has 2 saturated carbocycles. The third-order valence-electron chi connectivity index (χ3n) is 9.77. The molecule has 5 atom stereocenters. The van der Waals surface area contributed by atoms with E-state index < -0.39 is 73.2 Å². The van der Waals surface area contributed by atoms with Crippen LogP contribution in [0.1, 0.15) is 53.4 Å². The summed E-state index contributed by atoms with van der Waals surface area (Å²) >= 11 is 0. The Bertz CT molecular complexity index is 1710. The van der Waals surface area contributed by atoms with Crippen molar-refractivity contribution in [2.45, 2.75) is 66.3 Å². The zero-order valence-electron chi connectivity index (χ0n) is 22.8. The van der Waals surface area contributed by atoms with Gasteiger partial charge in [0.05, 0.1) is 4.90 Å². The summed E-state index contributed by atoms with van der Waals surface area (Å²) < 4.78 is 143. The smallest absolute Gasteiger partial charge is 0.364 e. The van der Waals surface area contributed by atoms with Gasteiger partial charge >= 0.3 is 18.0 Å². The zero-order chi connectivity index (χ0) is 32.1. The highest BCUT2D eigenvalue weighted by Gasteiger charge is 2.80. The molecule has 1 amide bonds. The molecule has 6 rings (SSSR count). The lowest BCUT2D eigenvalue weighted by Gasteiger charge is -2.44. The van der Waals surface area contributed by atoms with E-state index in [9.17, 15) is 43.9 Å². The number of halogens is 8. The molecule has 3 aromatic rings. The summed E-state index contributed by atoms with van der Waals surface area (Å²) in [4.78, 5) is 12.5. The third-order valence-corrected chi connectivity index (χ3v) is 12.4. The number of carbonyl (C=O) groups excluding carboxylic acids is 1. The predicted octanol–water partition coefficient (Wildman–Crippen LogP) is 6.56. The first-order valence-electron chi connectivity index (χ1n) is 13.6. The number of sulfone groups is 1. The van der Waals surface area contributed by atoms with Crippen molar-refractivity contribution in [1.82, 2.24) is 10.5 Å². The number of rotatable bonds is 6. The largest absolute Gasteiger partial charge is 0.435 e. The number of nitrogens with one attached hydrogen (secondary N) is 1. The molecule has 6 nitrogen and oxygen atoms in total. The monoisotopic (exact) mass is 648 g/mol. The summed E-state index contributed by atoms with van der Waals surface area (Å²) in [6, 6.07) is 6.35. The molecule has 0 radical (unpaired) electrons. The van der Waals surface area contributed by atoms with Crippen molar-refractivity contribution in [1.29, 1.82) is 0 Å². The fraction of sp³-hybridized carbons (Fsp3) is 0.448. The van der Waals surface area contributed by atoms with E-state index in [0.717, 1.165) is 30.3 Å². The van der Waals surface area contributed by atoms with Crippen LogP contribution in [0.15, 0.2) is 64.2 Å². The number of aromatic nitrogens is 1. The lowest BCUT2D eigenvalue weighted by molar-refractivity contribution is -0.348.